The van der Waals surface area contributed by atoms with E-state index < -0.39 is 0 Å². The predicted octanol–water partition coefficient (Wildman–Crippen LogP) is 17.4. The molecule has 9 rings (SSSR count). The van der Waals surface area contributed by atoms with Gasteiger partial charge in [0.05, 0.1) is 19.3 Å². The highest BCUT2D eigenvalue weighted by Gasteiger charge is 2.29. The molecule has 0 bridgehead atoms. The van der Waals surface area contributed by atoms with Gasteiger partial charge in [0.2, 0.25) is 0 Å². The molecule has 6 heteroatoms. The summed E-state index contributed by atoms with van der Waals surface area (Å²) < 4.78 is 0. The van der Waals surface area contributed by atoms with E-state index in [9.17, 15) is 28.8 Å². The number of rotatable bonds is 6. The van der Waals surface area contributed by atoms with Gasteiger partial charge in [-0.2, -0.15) is 0 Å². The van der Waals surface area contributed by atoms with Crippen LogP contribution in [-0.4, -0.2) is 34.7 Å². The Bertz CT molecular complexity index is 2420. The largest absolute Gasteiger partial charge is 0.299 e. The van der Waals surface area contributed by atoms with Crippen LogP contribution in [0.25, 0.3) is 33.4 Å². The van der Waals surface area contributed by atoms with Gasteiger partial charge >= 0.3 is 0 Å². The molecule has 3 aliphatic carbocycles. The standard InChI is InChI=1S/3C18H16O2.6C2H6/c19-15-10-14(11-16(20)12-15)18-9-5-4-8-17(18)13-6-2-1-3-7-13;19-17-10-16(11-18(20)12-17)15-8-4-7-14(9-15)13-5-2-1-3-6-13;19-17-10-16(11-18(20)12-17)15-8-6-14(7-9-15)13-4-2-1-3-5-13;6*1-2/h1-9,14H,10-12H2;2*1-9,16H,10-12H2;6*1-2H3. The van der Waals surface area contributed by atoms with Gasteiger partial charge in [0.15, 0.2) is 0 Å². The minimum absolute atomic E-state index is 0.0279. The molecule has 72 heavy (non-hydrogen) atoms. The van der Waals surface area contributed by atoms with Crippen LogP contribution in [0.3, 0.4) is 0 Å². The molecule has 0 aliphatic heterocycles. The SMILES string of the molecule is CC.CC.CC.CC.CC.CC.O=C1CC(=O)CC(c2ccc(-c3ccccc3)cc2)C1.O=C1CC(=O)CC(c2cccc(-c3ccccc3)c2)C1.O=C1CC(=O)CC(c2ccccc2-c2ccccc2)C1. The van der Waals surface area contributed by atoms with E-state index in [2.05, 4.69) is 66.7 Å². The average molecular weight is 973 g/mol. The summed E-state index contributed by atoms with van der Waals surface area (Å²) in [7, 11) is 0. The molecule has 0 heterocycles. The van der Waals surface area contributed by atoms with Crippen molar-refractivity contribution in [3.8, 4) is 33.4 Å². The summed E-state index contributed by atoms with van der Waals surface area (Å²) in [4.78, 5) is 69.6. The zero-order valence-electron chi connectivity index (χ0n) is 45.6. The van der Waals surface area contributed by atoms with Crippen molar-refractivity contribution in [3.05, 3.63) is 180 Å². The summed E-state index contributed by atoms with van der Waals surface area (Å²) in [6, 6.07) is 54.9. The molecule has 0 N–H and O–H groups in total. The molecule has 6 aromatic carbocycles. The Morgan fingerprint density at radius 2 is 0.569 bits per heavy atom. The van der Waals surface area contributed by atoms with Crippen molar-refractivity contribution < 1.29 is 28.8 Å². The van der Waals surface area contributed by atoms with Crippen molar-refractivity contribution in [1.29, 1.82) is 0 Å². The summed E-state index contributed by atoms with van der Waals surface area (Å²) in [5, 5.41) is 0. The number of carbonyl (C=O) groups excluding carboxylic acids is 6. The van der Waals surface area contributed by atoms with Gasteiger partial charge in [-0.15, -0.1) is 0 Å². The lowest BCUT2D eigenvalue weighted by atomic mass is 9.80. The third-order valence-corrected chi connectivity index (χ3v) is 11.5. The Balaban J connectivity index is 0.000000488. The van der Waals surface area contributed by atoms with Crippen molar-refractivity contribution in [3.63, 3.8) is 0 Å². The molecule has 3 fully saturated rings. The number of ketones is 6. The maximum Gasteiger partial charge on any atom is 0.140 e. The average Bonchev–Trinajstić information content (AvgIpc) is 3.44. The third-order valence-electron chi connectivity index (χ3n) is 11.5. The van der Waals surface area contributed by atoms with Crippen LogP contribution in [0, 0.1) is 0 Å². The van der Waals surface area contributed by atoms with E-state index in [1.165, 1.54) is 5.56 Å². The van der Waals surface area contributed by atoms with E-state index in [0.717, 1.165) is 44.5 Å². The fourth-order valence-electron chi connectivity index (χ4n) is 8.56. The van der Waals surface area contributed by atoms with E-state index >= 15 is 0 Å². The van der Waals surface area contributed by atoms with Crippen molar-refractivity contribution >= 4 is 34.7 Å². The number of hydrogen-bond donors (Lipinski definition) is 0. The van der Waals surface area contributed by atoms with Crippen LogP contribution in [-0.2, 0) is 28.8 Å². The molecule has 0 aromatic heterocycles. The highest BCUT2D eigenvalue weighted by molar-refractivity contribution is 6.03. The lowest BCUT2D eigenvalue weighted by molar-refractivity contribution is -0.131. The predicted molar refractivity (Wildman–Crippen MR) is 304 cm³/mol. The van der Waals surface area contributed by atoms with Crippen LogP contribution in [0.1, 0.15) is 175 Å². The van der Waals surface area contributed by atoms with Crippen LogP contribution < -0.4 is 0 Å². The fourth-order valence-corrected chi connectivity index (χ4v) is 8.56. The van der Waals surface area contributed by atoms with Gasteiger partial charge in [-0.25, -0.2) is 0 Å². The van der Waals surface area contributed by atoms with Crippen LogP contribution in [0.15, 0.2) is 164 Å². The number of Topliss-reactive ketones (excluding diaryl/α,β-unsaturated/α-hetero) is 6. The molecule has 0 radical (unpaired) electrons. The molecule has 0 spiro atoms. The monoisotopic (exact) mass is 973 g/mol. The Kier molecular flexibility index (Phi) is 32.7. The normalized spacial score (nSPS) is 14.2. The van der Waals surface area contributed by atoms with Gasteiger partial charge in [0.25, 0.3) is 0 Å². The van der Waals surface area contributed by atoms with Crippen LogP contribution in [0.5, 0.6) is 0 Å². The summed E-state index contributed by atoms with van der Waals surface area (Å²) in [6.45, 7) is 24.0. The molecule has 3 aliphatic rings. The maximum atomic E-state index is 11.7. The molecule has 6 nitrogen and oxygen atoms in total. The third kappa shape index (κ3) is 21.0. The van der Waals surface area contributed by atoms with Gasteiger partial charge in [0.1, 0.15) is 34.7 Å². The van der Waals surface area contributed by atoms with Gasteiger partial charge in [-0.05, 0) is 67.8 Å². The number of carbonyl (C=O) groups is 6. The van der Waals surface area contributed by atoms with Crippen LogP contribution in [0.2, 0.25) is 0 Å². The minimum Gasteiger partial charge on any atom is -0.299 e. The van der Waals surface area contributed by atoms with Crippen molar-refractivity contribution in [2.75, 3.05) is 0 Å². The Labute approximate surface area is 434 Å². The second kappa shape index (κ2) is 37.2. The molecule has 6 aromatic rings. The lowest BCUT2D eigenvalue weighted by Gasteiger charge is -2.23. The molecular weight excluding hydrogens is 889 g/mol. The molecule has 0 atom stereocenters. The van der Waals surface area contributed by atoms with E-state index in [1.54, 1.807) is 0 Å². The Morgan fingerprint density at radius 1 is 0.264 bits per heavy atom. The van der Waals surface area contributed by atoms with E-state index in [1.807, 2.05) is 180 Å². The lowest BCUT2D eigenvalue weighted by Crippen LogP contribution is -2.21. The Hall–Kier alpha value is -6.66. The highest BCUT2D eigenvalue weighted by Crippen LogP contribution is 2.36. The first-order valence-electron chi connectivity index (χ1n) is 26.7. The molecule has 0 unspecified atom stereocenters. The fraction of sp³-hybridized carbons (Fsp3) is 0.364. The van der Waals surface area contributed by atoms with Crippen molar-refractivity contribution in [2.24, 2.45) is 0 Å². The van der Waals surface area contributed by atoms with Crippen molar-refractivity contribution in [2.45, 2.75) is 159 Å². The molecule has 384 valence electrons. The first kappa shape index (κ1) is 63.4. The first-order valence-corrected chi connectivity index (χ1v) is 26.7. The summed E-state index contributed by atoms with van der Waals surface area (Å²) in [5.74, 6) is 0.536. The molecular formula is C66H84O6. The first-order chi connectivity index (χ1) is 35.2. The van der Waals surface area contributed by atoms with Gasteiger partial charge in [0, 0.05) is 38.5 Å². The number of hydrogen-bond acceptors (Lipinski definition) is 6. The van der Waals surface area contributed by atoms with E-state index in [0.29, 0.717) is 38.5 Å². The highest BCUT2D eigenvalue weighted by atomic mass is 16.2. The van der Waals surface area contributed by atoms with E-state index in [-0.39, 0.29) is 71.7 Å². The second-order valence-electron chi connectivity index (χ2n) is 16.0. The zero-order chi connectivity index (χ0) is 53.8. The second-order valence-corrected chi connectivity index (χ2v) is 16.0. The van der Waals surface area contributed by atoms with Crippen molar-refractivity contribution in [1.82, 2.24) is 0 Å². The molecule has 3 saturated carbocycles. The van der Waals surface area contributed by atoms with Gasteiger partial charge < -0.3 is 0 Å². The quantitative estimate of drug-likeness (QED) is 0.154. The smallest absolute Gasteiger partial charge is 0.140 e. The minimum atomic E-state index is 0.0279. The topological polar surface area (TPSA) is 102 Å². The zero-order valence-corrected chi connectivity index (χ0v) is 45.6. The van der Waals surface area contributed by atoms with Crippen LogP contribution >= 0.6 is 0 Å². The van der Waals surface area contributed by atoms with E-state index in [4.69, 9.17) is 0 Å². The van der Waals surface area contributed by atoms with Crippen LogP contribution in [0.4, 0.5) is 0 Å². The summed E-state index contributed by atoms with van der Waals surface area (Å²) >= 11 is 0. The molecule has 0 amide bonds. The summed E-state index contributed by atoms with van der Waals surface area (Å²) in [5.41, 5.74) is 10.2. The summed E-state index contributed by atoms with van der Waals surface area (Å²) in [6.07, 6.45) is 3.30. The van der Waals surface area contributed by atoms with Gasteiger partial charge in [-0.3, -0.25) is 28.8 Å². The number of benzene rings is 6. The molecule has 0 saturated heterocycles. The van der Waals surface area contributed by atoms with Gasteiger partial charge in [-0.1, -0.05) is 247 Å². The maximum absolute atomic E-state index is 11.7. The Morgan fingerprint density at radius 3 is 0.986 bits per heavy atom.